The quantitative estimate of drug-likeness (QED) is 0.643. The molecule has 154 valence electrons. The molecule has 0 unspecified atom stereocenters. The zero-order chi connectivity index (χ0) is 21.3. The number of halogens is 3. The first-order chi connectivity index (χ1) is 14.3. The highest BCUT2D eigenvalue weighted by Gasteiger charge is 2.37. The third-order valence-corrected chi connectivity index (χ3v) is 4.39. The van der Waals surface area contributed by atoms with Crippen LogP contribution in [0.5, 0.6) is 5.75 Å². The van der Waals surface area contributed by atoms with Gasteiger partial charge in [0.15, 0.2) is 0 Å². The van der Waals surface area contributed by atoms with E-state index in [1.54, 1.807) is 30.9 Å². The van der Waals surface area contributed by atoms with Gasteiger partial charge in [0, 0.05) is 36.9 Å². The normalized spacial score (nSPS) is 14.5. The van der Waals surface area contributed by atoms with E-state index in [-0.39, 0.29) is 18.8 Å². The molecule has 8 nitrogen and oxygen atoms in total. The monoisotopic (exact) mass is 417 g/mol. The summed E-state index contributed by atoms with van der Waals surface area (Å²) in [7, 11) is 0. The predicted molar refractivity (Wildman–Crippen MR) is 98.2 cm³/mol. The molecule has 0 atom stereocenters. The molecule has 1 aliphatic rings. The van der Waals surface area contributed by atoms with Crippen molar-refractivity contribution >= 4 is 17.6 Å². The van der Waals surface area contributed by atoms with Gasteiger partial charge in [-0.1, -0.05) is 0 Å². The molecular weight excluding hydrogens is 403 g/mol. The van der Waals surface area contributed by atoms with Crippen LogP contribution in [0, 0.1) is 0 Å². The zero-order valence-electron chi connectivity index (χ0n) is 15.3. The van der Waals surface area contributed by atoms with Crippen LogP contribution in [0.2, 0.25) is 0 Å². The summed E-state index contributed by atoms with van der Waals surface area (Å²) in [6, 6.07) is 5.68. The molecule has 1 aliphatic heterocycles. The second-order valence-electron chi connectivity index (χ2n) is 6.38. The smallest absolute Gasteiger partial charge is 0.406 e. The molecule has 0 aliphatic carbocycles. The number of carbonyl (C=O) groups is 2. The maximum absolute atomic E-state index is 12.8. The Hall–Kier alpha value is -3.89. The van der Waals surface area contributed by atoms with E-state index in [4.69, 9.17) is 0 Å². The average Bonchev–Trinajstić information content (AvgIpc) is 3.31. The van der Waals surface area contributed by atoms with E-state index in [9.17, 15) is 22.8 Å². The molecule has 4 rings (SSSR count). The van der Waals surface area contributed by atoms with E-state index < -0.39 is 24.1 Å². The lowest BCUT2D eigenvalue weighted by molar-refractivity contribution is -0.274. The number of benzene rings is 1. The lowest BCUT2D eigenvalue weighted by Crippen LogP contribution is -2.32. The summed E-state index contributed by atoms with van der Waals surface area (Å²) in [6.45, 7) is -0.0333. The highest BCUT2D eigenvalue weighted by atomic mass is 19.4. The van der Waals surface area contributed by atoms with Gasteiger partial charge < -0.3 is 14.6 Å². The number of urea groups is 1. The molecule has 0 bridgehead atoms. The van der Waals surface area contributed by atoms with Crippen LogP contribution in [-0.4, -0.2) is 44.7 Å². The van der Waals surface area contributed by atoms with Crippen LogP contribution in [0.25, 0.3) is 11.4 Å². The number of nitrogens with one attached hydrogen (secondary N) is 1. The number of hydrogen-bond acceptors (Lipinski definition) is 5. The minimum Gasteiger partial charge on any atom is -0.406 e. The van der Waals surface area contributed by atoms with Crippen molar-refractivity contribution in [2.24, 2.45) is 0 Å². The minimum absolute atomic E-state index is 0.134. The van der Waals surface area contributed by atoms with Crippen molar-refractivity contribution in [3.63, 3.8) is 0 Å². The number of anilines is 1. The first kappa shape index (κ1) is 19.4. The summed E-state index contributed by atoms with van der Waals surface area (Å²) >= 11 is 0. The standard InChI is InChI=1S/C19H14F3N5O3/c20-19(21,22)30-14-3-1-13(2-4-14)27-16(28)11-26(18(27)29)10-12-5-6-23-9-15(12)17-24-7-8-25-17/h1-9H,10-11H2,(H,24,25). The van der Waals surface area contributed by atoms with Gasteiger partial charge in [-0.15, -0.1) is 13.2 Å². The van der Waals surface area contributed by atoms with Crippen LogP contribution in [0.4, 0.5) is 23.7 Å². The third-order valence-electron chi connectivity index (χ3n) is 4.39. The molecular formula is C19H14F3N5O3. The van der Waals surface area contributed by atoms with E-state index in [2.05, 4.69) is 19.7 Å². The van der Waals surface area contributed by atoms with Gasteiger partial charge in [-0.05, 0) is 35.9 Å². The lowest BCUT2D eigenvalue weighted by atomic mass is 10.1. The van der Waals surface area contributed by atoms with E-state index in [1.807, 2.05) is 0 Å². The Morgan fingerprint density at radius 2 is 1.87 bits per heavy atom. The highest BCUT2D eigenvalue weighted by Crippen LogP contribution is 2.29. The van der Waals surface area contributed by atoms with Gasteiger partial charge in [-0.25, -0.2) is 14.7 Å². The van der Waals surface area contributed by atoms with Gasteiger partial charge >= 0.3 is 12.4 Å². The van der Waals surface area contributed by atoms with Gasteiger partial charge in [-0.2, -0.15) is 0 Å². The fourth-order valence-corrected chi connectivity index (χ4v) is 3.12. The summed E-state index contributed by atoms with van der Waals surface area (Å²) in [4.78, 5) is 38.7. The molecule has 2 aromatic heterocycles. The van der Waals surface area contributed by atoms with Gasteiger partial charge in [0.05, 0.1) is 5.69 Å². The van der Waals surface area contributed by atoms with Crippen molar-refractivity contribution in [2.45, 2.75) is 12.9 Å². The Labute approximate surface area is 167 Å². The van der Waals surface area contributed by atoms with E-state index >= 15 is 0 Å². The van der Waals surface area contributed by atoms with Gasteiger partial charge in [-0.3, -0.25) is 9.78 Å². The third kappa shape index (κ3) is 3.95. The van der Waals surface area contributed by atoms with Crippen molar-refractivity contribution in [1.29, 1.82) is 0 Å². The van der Waals surface area contributed by atoms with E-state index in [0.29, 0.717) is 11.4 Å². The largest absolute Gasteiger partial charge is 0.573 e. The highest BCUT2D eigenvalue weighted by molar-refractivity contribution is 6.19. The number of carbonyl (C=O) groups excluding carboxylic acids is 2. The van der Waals surface area contributed by atoms with Crippen molar-refractivity contribution in [1.82, 2.24) is 19.9 Å². The zero-order valence-corrected chi connectivity index (χ0v) is 15.3. The number of amides is 3. The number of imide groups is 1. The molecule has 1 fully saturated rings. The van der Waals surface area contributed by atoms with Crippen LogP contribution in [-0.2, 0) is 11.3 Å². The molecule has 1 N–H and O–H groups in total. The van der Waals surface area contributed by atoms with Crippen LogP contribution in [0.15, 0.2) is 55.1 Å². The van der Waals surface area contributed by atoms with Crippen LogP contribution < -0.4 is 9.64 Å². The number of alkyl halides is 3. The molecule has 1 saturated heterocycles. The predicted octanol–water partition coefficient (Wildman–Crippen LogP) is 3.34. The molecule has 1 aromatic carbocycles. The molecule has 0 radical (unpaired) electrons. The maximum atomic E-state index is 12.8. The van der Waals surface area contributed by atoms with Crippen molar-refractivity contribution < 1.29 is 27.5 Å². The number of imidazole rings is 1. The summed E-state index contributed by atoms with van der Waals surface area (Å²) in [6.07, 6.45) is 1.60. The van der Waals surface area contributed by atoms with Crippen LogP contribution >= 0.6 is 0 Å². The van der Waals surface area contributed by atoms with Crippen LogP contribution in [0.1, 0.15) is 5.56 Å². The number of pyridine rings is 1. The Kier molecular flexibility index (Phi) is 4.86. The van der Waals surface area contributed by atoms with Crippen molar-refractivity contribution in [3.8, 4) is 17.1 Å². The molecule has 11 heteroatoms. The minimum atomic E-state index is -4.83. The number of rotatable bonds is 5. The number of aromatic amines is 1. The first-order valence-electron chi connectivity index (χ1n) is 8.72. The maximum Gasteiger partial charge on any atom is 0.573 e. The Morgan fingerprint density at radius 1 is 1.10 bits per heavy atom. The fraction of sp³-hybridized carbons (Fsp3) is 0.158. The summed E-state index contributed by atoms with van der Waals surface area (Å²) in [5.41, 5.74) is 1.58. The van der Waals surface area contributed by atoms with Gasteiger partial charge in [0.2, 0.25) is 0 Å². The van der Waals surface area contributed by atoms with Crippen LogP contribution in [0.3, 0.4) is 0 Å². The first-order valence-corrected chi connectivity index (χ1v) is 8.72. The summed E-state index contributed by atoms with van der Waals surface area (Å²) in [5, 5.41) is 0. The summed E-state index contributed by atoms with van der Waals surface area (Å²) in [5.74, 6) is -0.353. The summed E-state index contributed by atoms with van der Waals surface area (Å²) < 4.78 is 40.7. The molecule has 3 aromatic rings. The lowest BCUT2D eigenvalue weighted by Gasteiger charge is -2.18. The average molecular weight is 417 g/mol. The SMILES string of the molecule is O=C1CN(Cc2ccncc2-c2ncc[nH]2)C(=O)N1c1ccc(OC(F)(F)F)cc1. The molecule has 0 saturated carbocycles. The second-order valence-corrected chi connectivity index (χ2v) is 6.38. The van der Waals surface area contributed by atoms with Gasteiger partial charge in [0.25, 0.3) is 5.91 Å². The number of ether oxygens (including phenoxy) is 1. The number of hydrogen-bond donors (Lipinski definition) is 1. The van der Waals surface area contributed by atoms with Crippen molar-refractivity contribution in [3.05, 3.63) is 60.7 Å². The van der Waals surface area contributed by atoms with E-state index in [0.717, 1.165) is 22.6 Å². The molecule has 30 heavy (non-hydrogen) atoms. The molecule has 3 heterocycles. The van der Waals surface area contributed by atoms with Crippen molar-refractivity contribution in [2.75, 3.05) is 11.4 Å². The number of aromatic nitrogens is 3. The number of nitrogens with zero attached hydrogens (tertiary/aromatic N) is 4. The topological polar surface area (TPSA) is 91.4 Å². The molecule has 3 amide bonds. The molecule has 0 spiro atoms. The van der Waals surface area contributed by atoms with E-state index in [1.165, 1.54) is 17.0 Å². The Bertz CT molecular complexity index is 1070. The Balaban J connectivity index is 1.53. The Morgan fingerprint density at radius 3 is 2.53 bits per heavy atom. The van der Waals surface area contributed by atoms with Gasteiger partial charge in [0.1, 0.15) is 18.1 Å². The number of H-pyrrole nitrogens is 1. The second kappa shape index (κ2) is 7.50. The fourth-order valence-electron chi connectivity index (χ4n) is 3.12.